The van der Waals surface area contributed by atoms with Crippen molar-refractivity contribution in [3.63, 3.8) is 0 Å². The summed E-state index contributed by atoms with van der Waals surface area (Å²) in [6, 6.07) is 20.0. The normalized spacial score (nSPS) is 16.7. The third kappa shape index (κ3) is 4.28. The number of nitrogens with one attached hydrogen (secondary N) is 2. The van der Waals surface area contributed by atoms with Gasteiger partial charge in [0.25, 0.3) is 10.0 Å². The molecule has 32 heavy (non-hydrogen) atoms. The molecule has 0 radical (unpaired) electrons. The molecule has 1 aliphatic rings. The summed E-state index contributed by atoms with van der Waals surface area (Å²) < 4.78 is 28.7. The molecule has 0 spiro atoms. The van der Waals surface area contributed by atoms with E-state index in [1.807, 2.05) is 37.3 Å². The van der Waals surface area contributed by atoms with E-state index >= 15 is 0 Å². The van der Waals surface area contributed by atoms with Crippen molar-refractivity contribution in [1.29, 1.82) is 0 Å². The quantitative estimate of drug-likeness (QED) is 0.517. The van der Waals surface area contributed by atoms with Crippen LogP contribution in [0.2, 0.25) is 0 Å². The van der Waals surface area contributed by atoms with E-state index in [1.165, 1.54) is 16.7 Å². The molecule has 0 saturated heterocycles. The minimum Gasteiger partial charge on any atom is -0.324 e. The number of aliphatic imine (C=N–C) groups is 1. The van der Waals surface area contributed by atoms with Crippen LogP contribution in [0, 0.1) is 13.8 Å². The Morgan fingerprint density at radius 1 is 0.938 bits per heavy atom. The van der Waals surface area contributed by atoms with Gasteiger partial charge in [-0.15, -0.1) is 0 Å². The summed E-state index contributed by atoms with van der Waals surface area (Å²) in [7, 11) is -3.71. The molecule has 0 aliphatic carbocycles. The van der Waals surface area contributed by atoms with Crippen LogP contribution in [0.3, 0.4) is 0 Å². The average molecular weight is 452 g/mol. The summed E-state index contributed by atoms with van der Waals surface area (Å²) in [6.07, 6.45) is 0.980. The van der Waals surface area contributed by atoms with E-state index in [9.17, 15) is 8.42 Å². The topological polar surface area (TPSA) is 70.6 Å². The van der Waals surface area contributed by atoms with E-state index in [0.717, 1.165) is 23.1 Å². The van der Waals surface area contributed by atoms with Crippen molar-refractivity contribution >= 4 is 21.7 Å². The zero-order valence-electron chi connectivity index (χ0n) is 18.9. The Kier molecular flexibility index (Phi) is 6.07. The van der Waals surface area contributed by atoms with Gasteiger partial charge in [-0.25, -0.2) is 18.1 Å². The molecule has 3 aromatic rings. The molecule has 4 rings (SSSR count). The number of nitrogens with zero attached hydrogens (tertiary/aromatic N) is 1. The van der Waals surface area contributed by atoms with Gasteiger partial charge >= 0.3 is 0 Å². The molecule has 0 aromatic heterocycles. The highest BCUT2D eigenvalue weighted by molar-refractivity contribution is 7.90. The van der Waals surface area contributed by atoms with Crippen LogP contribution in [0.5, 0.6) is 0 Å². The average Bonchev–Trinajstić information content (AvgIpc) is 2.77. The summed E-state index contributed by atoms with van der Waals surface area (Å²) in [5.41, 5.74) is 7.27. The number of aryl methyl sites for hydroxylation is 3. The Morgan fingerprint density at radius 3 is 2.31 bits per heavy atom. The highest BCUT2D eigenvalue weighted by Gasteiger charge is 2.31. The number of hydrogen-bond donors (Lipinski definition) is 2. The molecule has 1 heterocycles. The third-order valence-electron chi connectivity index (χ3n) is 6.13. The molecule has 5 nitrogen and oxygen atoms in total. The van der Waals surface area contributed by atoms with Crippen LogP contribution >= 0.6 is 0 Å². The largest absolute Gasteiger partial charge is 0.324 e. The Balaban J connectivity index is 0.00000204. The zero-order chi connectivity index (χ0) is 22.9. The Hall–Kier alpha value is -3.12. The van der Waals surface area contributed by atoms with Crippen molar-refractivity contribution in [3.8, 4) is 0 Å². The lowest BCUT2D eigenvalue weighted by Crippen LogP contribution is -2.41. The van der Waals surface area contributed by atoms with Crippen LogP contribution in [0.15, 0.2) is 70.6 Å². The first kappa shape index (κ1) is 22.1. The molecule has 0 fully saturated rings. The van der Waals surface area contributed by atoms with E-state index in [-0.39, 0.29) is 19.6 Å². The second kappa shape index (κ2) is 8.79. The molecule has 0 bridgehead atoms. The SMILES string of the molecule is CCc1ccc(CN=C2Nc3c(ccc(C)c3C(C)c3ccccc3C)S(=O)(=O)N2)cc1.[HH].[HH]. The van der Waals surface area contributed by atoms with Crippen LogP contribution in [0.25, 0.3) is 0 Å². The van der Waals surface area contributed by atoms with Gasteiger partial charge in [0, 0.05) is 8.77 Å². The lowest BCUT2D eigenvalue weighted by atomic mass is 9.86. The number of benzene rings is 3. The van der Waals surface area contributed by atoms with Gasteiger partial charge in [-0.05, 0) is 59.7 Å². The number of sulfonamides is 1. The number of rotatable bonds is 5. The highest BCUT2D eigenvalue weighted by atomic mass is 32.2. The zero-order valence-corrected chi connectivity index (χ0v) is 19.8. The number of hydrogen-bond acceptors (Lipinski definition) is 3. The van der Waals surface area contributed by atoms with Gasteiger partial charge in [-0.3, -0.25) is 0 Å². The van der Waals surface area contributed by atoms with Crippen molar-refractivity contribution in [2.24, 2.45) is 4.99 Å². The Labute approximate surface area is 193 Å². The van der Waals surface area contributed by atoms with E-state index in [0.29, 0.717) is 12.2 Å². The maximum Gasteiger partial charge on any atom is 0.266 e. The Bertz CT molecular complexity index is 1290. The molecule has 1 atom stereocenters. The molecule has 6 heteroatoms. The van der Waals surface area contributed by atoms with Crippen molar-refractivity contribution in [3.05, 3.63) is 94.0 Å². The molecule has 0 saturated carbocycles. The summed E-state index contributed by atoms with van der Waals surface area (Å²) in [5.74, 6) is 0.274. The second-order valence-corrected chi connectivity index (χ2v) is 9.96. The summed E-state index contributed by atoms with van der Waals surface area (Å²) in [6.45, 7) is 8.72. The van der Waals surface area contributed by atoms with Crippen LogP contribution in [-0.4, -0.2) is 14.4 Å². The molecule has 0 amide bonds. The molecule has 3 aromatic carbocycles. The molecule has 170 valence electrons. The maximum atomic E-state index is 13.0. The molecular formula is C26H33N3O2S. The van der Waals surface area contributed by atoms with Crippen LogP contribution in [0.1, 0.15) is 56.0 Å². The predicted molar refractivity (Wildman–Crippen MR) is 135 cm³/mol. The number of guanidine groups is 1. The first-order chi connectivity index (χ1) is 15.3. The van der Waals surface area contributed by atoms with E-state index in [1.54, 1.807) is 6.07 Å². The summed E-state index contributed by atoms with van der Waals surface area (Å²) in [5, 5.41) is 3.28. The molecule has 1 unspecified atom stereocenters. The van der Waals surface area contributed by atoms with E-state index in [2.05, 4.69) is 60.1 Å². The van der Waals surface area contributed by atoms with Gasteiger partial charge in [-0.1, -0.05) is 68.4 Å². The summed E-state index contributed by atoms with van der Waals surface area (Å²) >= 11 is 0. The van der Waals surface area contributed by atoms with Crippen molar-refractivity contribution in [2.75, 3.05) is 5.32 Å². The minimum atomic E-state index is -3.71. The molecule has 2 N–H and O–H groups in total. The fraction of sp³-hybridized carbons (Fsp3) is 0.269. The van der Waals surface area contributed by atoms with Crippen LogP contribution < -0.4 is 10.0 Å². The fourth-order valence-corrected chi connectivity index (χ4v) is 5.45. The third-order valence-corrected chi connectivity index (χ3v) is 7.51. The highest BCUT2D eigenvalue weighted by Crippen LogP contribution is 2.39. The monoisotopic (exact) mass is 451 g/mol. The summed E-state index contributed by atoms with van der Waals surface area (Å²) in [4.78, 5) is 4.79. The van der Waals surface area contributed by atoms with Gasteiger partial charge in [-0.2, -0.15) is 0 Å². The van der Waals surface area contributed by atoms with Crippen LogP contribution in [-0.2, 0) is 23.0 Å². The van der Waals surface area contributed by atoms with E-state index in [4.69, 9.17) is 0 Å². The molecular weight excluding hydrogens is 418 g/mol. The van der Waals surface area contributed by atoms with Gasteiger partial charge in [0.2, 0.25) is 5.96 Å². The van der Waals surface area contributed by atoms with Gasteiger partial charge in [0.1, 0.15) is 4.90 Å². The van der Waals surface area contributed by atoms with Gasteiger partial charge in [0.05, 0.1) is 12.2 Å². The van der Waals surface area contributed by atoms with Crippen LogP contribution in [0.4, 0.5) is 5.69 Å². The second-order valence-electron chi connectivity index (χ2n) is 8.31. The maximum absolute atomic E-state index is 13.0. The Morgan fingerprint density at radius 2 is 1.62 bits per heavy atom. The van der Waals surface area contributed by atoms with Crippen molar-refractivity contribution in [2.45, 2.75) is 51.5 Å². The first-order valence-corrected chi connectivity index (χ1v) is 12.4. The van der Waals surface area contributed by atoms with Crippen molar-refractivity contribution in [1.82, 2.24) is 4.72 Å². The lowest BCUT2D eigenvalue weighted by molar-refractivity contribution is 0.591. The number of fused-ring (bicyclic) bond motifs is 1. The fourth-order valence-electron chi connectivity index (χ4n) is 4.29. The smallest absolute Gasteiger partial charge is 0.266 e. The predicted octanol–water partition coefficient (Wildman–Crippen LogP) is 5.77. The first-order valence-electron chi connectivity index (χ1n) is 10.9. The minimum absolute atomic E-state index is 0. The molecule has 1 aliphatic heterocycles. The van der Waals surface area contributed by atoms with E-state index < -0.39 is 10.0 Å². The standard InChI is InChI=1S/C26H29N3O2S.2H2/c1-5-20-11-13-21(14-12-20)16-27-26-28-25-23(32(30,31)29-26)15-10-18(3)24(25)19(4)22-9-7-6-8-17(22)2;;/h6-15,19H,5,16H2,1-4H3,(H2,27,28,29);2*1H. The van der Waals surface area contributed by atoms with Gasteiger partial charge in [0.15, 0.2) is 0 Å². The number of anilines is 1. The lowest BCUT2D eigenvalue weighted by Gasteiger charge is -2.28. The van der Waals surface area contributed by atoms with Gasteiger partial charge < -0.3 is 5.32 Å². The van der Waals surface area contributed by atoms with Crippen molar-refractivity contribution < 1.29 is 11.3 Å².